The first kappa shape index (κ1) is 21.6. The highest BCUT2D eigenvalue weighted by molar-refractivity contribution is 7.09. The van der Waals surface area contributed by atoms with Crippen LogP contribution in [0.3, 0.4) is 0 Å². The van der Waals surface area contributed by atoms with Crippen LogP contribution >= 0.6 is 11.3 Å². The second-order valence-electron chi connectivity index (χ2n) is 7.43. The van der Waals surface area contributed by atoms with E-state index >= 15 is 0 Å². The lowest BCUT2D eigenvalue weighted by atomic mass is 10.1. The molecule has 2 aromatic carbocycles. The zero-order valence-corrected chi connectivity index (χ0v) is 19.2. The van der Waals surface area contributed by atoms with Gasteiger partial charge in [0.15, 0.2) is 4.80 Å². The number of benzene rings is 2. The molecule has 1 aliphatic rings. The van der Waals surface area contributed by atoms with Gasteiger partial charge < -0.3 is 18.8 Å². The molecule has 0 spiro atoms. The number of hydrogen-bond acceptors (Lipinski definition) is 6. The van der Waals surface area contributed by atoms with E-state index < -0.39 is 0 Å². The van der Waals surface area contributed by atoms with Crippen molar-refractivity contribution in [2.45, 2.75) is 13.5 Å². The second kappa shape index (κ2) is 10.1. The van der Waals surface area contributed by atoms with Gasteiger partial charge in [-0.15, -0.1) is 11.3 Å². The van der Waals surface area contributed by atoms with E-state index in [9.17, 15) is 0 Å². The lowest BCUT2D eigenvalue weighted by Gasteiger charge is -2.27. The fourth-order valence-electron chi connectivity index (χ4n) is 3.76. The van der Waals surface area contributed by atoms with Crippen LogP contribution in [-0.4, -0.2) is 56.5 Å². The molecule has 1 aliphatic heterocycles. The largest absolute Gasteiger partial charge is 0.497 e. The molecule has 0 radical (unpaired) electrons. The number of thiazole rings is 1. The van der Waals surface area contributed by atoms with Crippen LogP contribution in [0.1, 0.15) is 4.88 Å². The predicted molar refractivity (Wildman–Crippen MR) is 125 cm³/mol. The number of hydrogen-bond donors (Lipinski definition) is 0. The fraction of sp³-hybridized carbons (Fsp3) is 0.375. The molecule has 2 heterocycles. The van der Waals surface area contributed by atoms with E-state index in [1.54, 1.807) is 25.6 Å². The Bertz CT molecular complexity index is 1050. The standard InChI is InChI=1S/C24H29N3O3S/c1-18-23(19-4-8-21(28-2)9-5-19)27(13-12-26-14-16-30-17-15-26)24(31-18)25-20-6-10-22(29-3)11-7-20/h4-11H,12-17H2,1-3H3. The second-order valence-corrected chi connectivity index (χ2v) is 8.62. The van der Waals surface area contributed by atoms with Crippen molar-refractivity contribution in [1.82, 2.24) is 9.47 Å². The molecule has 0 bridgehead atoms. The van der Waals surface area contributed by atoms with Gasteiger partial charge in [0.05, 0.1) is 38.8 Å². The lowest BCUT2D eigenvalue weighted by Crippen LogP contribution is -2.39. The third kappa shape index (κ3) is 5.18. The quantitative estimate of drug-likeness (QED) is 0.556. The van der Waals surface area contributed by atoms with Gasteiger partial charge in [0.2, 0.25) is 0 Å². The van der Waals surface area contributed by atoms with Crippen LogP contribution in [0.25, 0.3) is 11.3 Å². The smallest absolute Gasteiger partial charge is 0.190 e. The Balaban J connectivity index is 1.72. The predicted octanol–water partition coefficient (Wildman–Crippen LogP) is 4.11. The van der Waals surface area contributed by atoms with Gasteiger partial charge in [-0.05, 0) is 61.0 Å². The molecule has 1 saturated heterocycles. The Hall–Kier alpha value is -2.61. The summed E-state index contributed by atoms with van der Waals surface area (Å²) in [5, 5.41) is 0. The van der Waals surface area contributed by atoms with E-state index in [0.717, 1.165) is 61.4 Å². The highest BCUT2D eigenvalue weighted by Crippen LogP contribution is 2.28. The van der Waals surface area contributed by atoms with E-state index in [-0.39, 0.29) is 0 Å². The number of nitrogens with zero attached hydrogens (tertiary/aromatic N) is 3. The van der Waals surface area contributed by atoms with Gasteiger partial charge in [-0.1, -0.05) is 0 Å². The highest BCUT2D eigenvalue weighted by Gasteiger charge is 2.16. The van der Waals surface area contributed by atoms with Crippen molar-refractivity contribution in [3.05, 3.63) is 58.2 Å². The summed E-state index contributed by atoms with van der Waals surface area (Å²) in [6.45, 7) is 7.59. The molecule has 0 N–H and O–H groups in total. The van der Waals surface area contributed by atoms with Crippen LogP contribution in [-0.2, 0) is 11.3 Å². The van der Waals surface area contributed by atoms with Crippen molar-refractivity contribution in [2.24, 2.45) is 4.99 Å². The first-order chi connectivity index (χ1) is 15.2. The van der Waals surface area contributed by atoms with Crippen molar-refractivity contribution >= 4 is 17.0 Å². The van der Waals surface area contributed by atoms with Crippen LogP contribution in [0.4, 0.5) is 5.69 Å². The molecule has 1 aromatic heterocycles. The Labute approximate surface area is 187 Å². The molecule has 0 unspecified atom stereocenters. The van der Waals surface area contributed by atoms with Crippen LogP contribution in [0.2, 0.25) is 0 Å². The average Bonchev–Trinajstić information content (AvgIpc) is 3.13. The summed E-state index contributed by atoms with van der Waals surface area (Å²) in [7, 11) is 3.37. The molecule has 4 rings (SSSR count). The molecule has 7 heteroatoms. The van der Waals surface area contributed by atoms with E-state index in [2.05, 4.69) is 28.5 Å². The molecule has 0 amide bonds. The van der Waals surface area contributed by atoms with Crippen molar-refractivity contribution in [2.75, 3.05) is 47.1 Å². The molecule has 0 atom stereocenters. The Morgan fingerprint density at radius 2 is 1.52 bits per heavy atom. The minimum Gasteiger partial charge on any atom is -0.497 e. The molecule has 6 nitrogen and oxygen atoms in total. The van der Waals surface area contributed by atoms with Gasteiger partial charge in [0, 0.05) is 31.1 Å². The maximum Gasteiger partial charge on any atom is 0.190 e. The number of aryl methyl sites for hydroxylation is 1. The first-order valence-corrected chi connectivity index (χ1v) is 11.3. The molecule has 1 fully saturated rings. The molecule has 164 valence electrons. The summed E-state index contributed by atoms with van der Waals surface area (Å²) in [6, 6.07) is 16.1. The minimum absolute atomic E-state index is 0.807. The molecule has 31 heavy (non-hydrogen) atoms. The SMILES string of the molecule is COc1ccc(N=c2sc(C)c(-c3ccc(OC)cc3)n2CCN2CCOCC2)cc1. The summed E-state index contributed by atoms with van der Waals surface area (Å²) >= 11 is 1.73. The first-order valence-electron chi connectivity index (χ1n) is 10.5. The normalized spacial score (nSPS) is 15.3. The van der Waals surface area contributed by atoms with Crippen molar-refractivity contribution in [3.63, 3.8) is 0 Å². The maximum atomic E-state index is 5.51. The number of rotatable bonds is 7. The topological polar surface area (TPSA) is 48.2 Å². The van der Waals surface area contributed by atoms with Gasteiger partial charge in [-0.3, -0.25) is 4.90 Å². The van der Waals surface area contributed by atoms with Gasteiger partial charge >= 0.3 is 0 Å². The van der Waals surface area contributed by atoms with Crippen LogP contribution in [0.15, 0.2) is 53.5 Å². The summed E-state index contributed by atoms with van der Waals surface area (Å²) in [5.41, 5.74) is 3.31. The average molecular weight is 440 g/mol. The Kier molecular flexibility index (Phi) is 7.06. The van der Waals surface area contributed by atoms with Crippen molar-refractivity contribution < 1.29 is 14.2 Å². The monoisotopic (exact) mass is 439 g/mol. The molecule has 3 aromatic rings. The van der Waals surface area contributed by atoms with Gasteiger partial charge in [0.1, 0.15) is 11.5 Å². The Morgan fingerprint density at radius 1 is 0.903 bits per heavy atom. The summed E-state index contributed by atoms with van der Waals surface area (Å²) < 4.78 is 18.5. The summed E-state index contributed by atoms with van der Waals surface area (Å²) in [6.07, 6.45) is 0. The highest BCUT2D eigenvalue weighted by atomic mass is 32.1. The maximum absolute atomic E-state index is 5.51. The van der Waals surface area contributed by atoms with Gasteiger partial charge in [-0.25, -0.2) is 4.99 Å². The number of morpholine rings is 1. The lowest BCUT2D eigenvalue weighted by molar-refractivity contribution is 0.0363. The van der Waals surface area contributed by atoms with E-state index in [4.69, 9.17) is 19.2 Å². The van der Waals surface area contributed by atoms with Gasteiger partial charge in [-0.2, -0.15) is 0 Å². The molecule has 0 saturated carbocycles. The van der Waals surface area contributed by atoms with Crippen LogP contribution in [0, 0.1) is 6.92 Å². The third-order valence-electron chi connectivity index (χ3n) is 5.48. The summed E-state index contributed by atoms with van der Waals surface area (Å²) in [4.78, 5) is 9.69. The number of aromatic nitrogens is 1. The van der Waals surface area contributed by atoms with E-state index in [0.29, 0.717) is 0 Å². The Morgan fingerprint density at radius 3 is 2.13 bits per heavy atom. The van der Waals surface area contributed by atoms with Crippen LogP contribution in [0.5, 0.6) is 11.5 Å². The van der Waals surface area contributed by atoms with E-state index in [1.807, 2.05) is 36.4 Å². The fourth-order valence-corrected chi connectivity index (χ4v) is 4.80. The molecular weight excluding hydrogens is 410 g/mol. The third-order valence-corrected chi connectivity index (χ3v) is 6.48. The van der Waals surface area contributed by atoms with E-state index in [1.165, 1.54) is 16.1 Å². The number of ether oxygens (including phenoxy) is 3. The van der Waals surface area contributed by atoms with Crippen molar-refractivity contribution in [1.29, 1.82) is 0 Å². The zero-order valence-electron chi connectivity index (χ0n) is 18.3. The molecular formula is C24H29N3O3S. The van der Waals surface area contributed by atoms with Crippen LogP contribution < -0.4 is 14.3 Å². The summed E-state index contributed by atoms with van der Waals surface area (Å²) in [5.74, 6) is 1.69. The van der Waals surface area contributed by atoms with Crippen molar-refractivity contribution in [3.8, 4) is 22.8 Å². The van der Waals surface area contributed by atoms with Gasteiger partial charge in [0.25, 0.3) is 0 Å². The number of methoxy groups -OCH3 is 2. The molecule has 0 aliphatic carbocycles. The zero-order chi connectivity index (χ0) is 21.6. The minimum atomic E-state index is 0.807.